The second-order valence-electron chi connectivity index (χ2n) is 8.00. The van der Waals surface area contributed by atoms with Gasteiger partial charge in [0, 0.05) is 6.61 Å². The Morgan fingerprint density at radius 3 is 1.94 bits per heavy atom. The smallest absolute Gasteiger partial charge is 0.748 e. The number of aliphatic hydroxyl groups excluding tert-OH is 1. The molecule has 0 radical (unpaired) electrons. The molecule has 34 heavy (non-hydrogen) atoms. The van der Waals surface area contributed by atoms with Gasteiger partial charge in [-0.2, -0.15) is 0 Å². The van der Waals surface area contributed by atoms with Crippen LogP contribution in [0.2, 0.25) is 0 Å². The molecule has 1 heterocycles. The van der Waals surface area contributed by atoms with E-state index in [4.69, 9.17) is 18.9 Å². The van der Waals surface area contributed by atoms with Crippen LogP contribution in [0.25, 0.3) is 0 Å². The first-order chi connectivity index (χ1) is 15.9. The molecule has 0 bridgehead atoms. The summed E-state index contributed by atoms with van der Waals surface area (Å²) in [5.74, 6) is -0.890. The maximum absolute atomic E-state index is 11.4. The Labute approximate surface area is 223 Å². The van der Waals surface area contributed by atoms with E-state index in [9.17, 15) is 18.1 Å². The molecule has 0 spiro atoms. The van der Waals surface area contributed by atoms with Crippen LogP contribution in [0.4, 0.5) is 0 Å². The van der Waals surface area contributed by atoms with Crippen molar-refractivity contribution in [2.24, 2.45) is 0 Å². The summed E-state index contributed by atoms with van der Waals surface area (Å²) in [5, 5.41) is 10.9. The number of hydrogen-bond donors (Lipinski definition) is 1. The predicted octanol–water partition coefficient (Wildman–Crippen LogP) is -0.391. The molecule has 2 aromatic rings. The SMILES string of the molecule is CCCCO[C@H]1O[C@H](CS(=O)(=O)[O-])[C@@H](O)[C@H](OCc2ccccc2)[C@H]1OCc1ccccc1.[Na+]. The number of unbranched alkanes of at least 4 members (excludes halogenated alkanes) is 1. The molecule has 1 N–H and O–H groups in total. The van der Waals surface area contributed by atoms with Crippen LogP contribution in [0.3, 0.4) is 0 Å². The molecule has 2 aromatic carbocycles. The fraction of sp³-hybridized carbons (Fsp3) is 0.500. The second kappa shape index (κ2) is 14.6. The van der Waals surface area contributed by atoms with Crippen molar-refractivity contribution in [3.8, 4) is 0 Å². The van der Waals surface area contributed by atoms with E-state index in [2.05, 4.69) is 0 Å². The maximum Gasteiger partial charge on any atom is 1.00 e. The molecule has 1 aliphatic heterocycles. The molecule has 0 amide bonds. The summed E-state index contributed by atoms with van der Waals surface area (Å²) < 4.78 is 58.0. The van der Waals surface area contributed by atoms with Gasteiger partial charge < -0.3 is 28.6 Å². The van der Waals surface area contributed by atoms with E-state index in [1.54, 1.807) is 0 Å². The van der Waals surface area contributed by atoms with Crippen molar-refractivity contribution < 1.29 is 66.6 Å². The monoisotopic (exact) mass is 502 g/mol. The van der Waals surface area contributed by atoms with Gasteiger partial charge in [0.05, 0.1) is 29.1 Å². The largest absolute Gasteiger partial charge is 1.00 e. The molecule has 5 atom stereocenters. The van der Waals surface area contributed by atoms with Crippen LogP contribution in [0.5, 0.6) is 0 Å². The van der Waals surface area contributed by atoms with Gasteiger partial charge >= 0.3 is 29.6 Å². The average Bonchev–Trinajstić information content (AvgIpc) is 2.80. The number of ether oxygens (including phenoxy) is 4. The van der Waals surface area contributed by atoms with Gasteiger partial charge in [-0.3, -0.25) is 0 Å². The third-order valence-electron chi connectivity index (χ3n) is 5.34. The van der Waals surface area contributed by atoms with Crippen LogP contribution in [0.15, 0.2) is 60.7 Å². The summed E-state index contributed by atoms with van der Waals surface area (Å²) >= 11 is 0. The Kier molecular flexibility index (Phi) is 12.7. The topological polar surface area (TPSA) is 114 Å². The number of benzene rings is 2. The van der Waals surface area contributed by atoms with Gasteiger partial charge in [-0.1, -0.05) is 74.0 Å². The molecule has 8 nitrogen and oxygen atoms in total. The first kappa shape index (κ1) is 29.4. The molecule has 1 fully saturated rings. The Hall–Kier alpha value is -0.850. The van der Waals surface area contributed by atoms with E-state index in [1.807, 2.05) is 67.6 Å². The molecule has 0 unspecified atom stereocenters. The van der Waals surface area contributed by atoms with Gasteiger partial charge in [-0.15, -0.1) is 0 Å². The predicted molar refractivity (Wildman–Crippen MR) is 120 cm³/mol. The summed E-state index contributed by atoms with van der Waals surface area (Å²) in [6.45, 7) is 2.73. The Balaban J connectivity index is 0.00000408. The maximum atomic E-state index is 11.4. The van der Waals surface area contributed by atoms with Gasteiger partial charge in [0.1, 0.15) is 24.4 Å². The van der Waals surface area contributed by atoms with E-state index >= 15 is 0 Å². The molecule has 1 saturated heterocycles. The van der Waals surface area contributed by atoms with Crippen molar-refractivity contribution in [2.45, 2.75) is 63.7 Å². The third kappa shape index (κ3) is 9.31. The van der Waals surface area contributed by atoms with Gasteiger partial charge in [-0.05, 0) is 17.5 Å². The zero-order chi connectivity index (χ0) is 23.7. The fourth-order valence-corrected chi connectivity index (χ4v) is 4.29. The van der Waals surface area contributed by atoms with E-state index in [1.165, 1.54) is 0 Å². The fourth-order valence-electron chi connectivity index (χ4n) is 3.61. The average molecular weight is 503 g/mol. The second-order valence-corrected chi connectivity index (χ2v) is 9.45. The van der Waals surface area contributed by atoms with Crippen molar-refractivity contribution in [2.75, 3.05) is 12.4 Å². The quantitative estimate of drug-likeness (QED) is 0.237. The van der Waals surface area contributed by atoms with Crippen molar-refractivity contribution in [3.63, 3.8) is 0 Å². The van der Waals surface area contributed by atoms with Crippen LogP contribution < -0.4 is 29.6 Å². The number of aliphatic hydroxyl groups is 1. The van der Waals surface area contributed by atoms with E-state index in [-0.39, 0.29) is 42.8 Å². The summed E-state index contributed by atoms with van der Waals surface area (Å²) in [6.07, 6.45) is -3.87. The van der Waals surface area contributed by atoms with Gasteiger partial charge in [-0.25, -0.2) is 8.42 Å². The van der Waals surface area contributed by atoms with Crippen molar-refractivity contribution in [1.82, 2.24) is 0 Å². The van der Waals surface area contributed by atoms with Crippen LogP contribution in [0.1, 0.15) is 30.9 Å². The van der Waals surface area contributed by atoms with Crippen LogP contribution in [-0.2, 0) is 42.3 Å². The first-order valence-corrected chi connectivity index (χ1v) is 12.6. The standard InChI is InChI=1S/C24H32O8S.Na/c1-2-3-14-29-24-23(31-16-19-12-8-5-9-13-19)22(30-15-18-10-6-4-7-11-18)21(25)20(32-24)17-33(26,27)28;/h4-13,20-25H,2-3,14-17H2,1H3,(H,26,27,28);/q;+1/p-1/t20-,21-,22+,23-,24+;/m1./s1. The van der Waals surface area contributed by atoms with Gasteiger partial charge in [0.15, 0.2) is 6.29 Å². The minimum absolute atomic E-state index is 0. The number of rotatable bonds is 12. The molecule has 3 rings (SSSR count). The Morgan fingerprint density at radius 2 is 1.44 bits per heavy atom. The molecule has 1 aliphatic rings. The van der Waals surface area contributed by atoms with Crippen molar-refractivity contribution in [1.29, 1.82) is 0 Å². The molecule has 0 aromatic heterocycles. The molecule has 10 heteroatoms. The summed E-state index contributed by atoms with van der Waals surface area (Å²) in [6, 6.07) is 18.8. The first-order valence-electron chi connectivity index (χ1n) is 11.1. The molecule has 0 aliphatic carbocycles. The minimum atomic E-state index is -4.66. The summed E-state index contributed by atoms with van der Waals surface area (Å²) in [4.78, 5) is 0. The van der Waals surface area contributed by atoms with Crippen LogP contribution in [0, 0.1) is 0 Å². The molecule has 0 saturated carbocycles. The zero-order valence-electron chi connectivity index (χ0n) is 19.6. The Morgan fingerprint density at radius 1 is 0.912 bits per heavy atom. The zero-order valence-corrected chi connectivity index (χ0v) is 22.4. The molecular formula is C24H31NaO8S. The van der Waals surface area contributed by atoms with Crippen molar-refractivity contribution >= 4 is 10.1 Å². The summed E-state index contributed by atoms with van der Waals surface area (Å²) in [7, 11) is -4.66. The third-order valence-corrected chi connectivity index (χ3v) is 6.07. The van der Waals surface area contributed by atoms with Crippen molar-refractivity contribution in [3.05, 3.63) is 71.8 Å². The summed E-state index contributed by atoms with van der Waals surface area (Å²) in [5.41, 5.74) is 1.78. The minimum Gasteiger partial charge on any atom is -0.748 e. The molecular weight excluding hydrogens is 471 g/mol. The van der Waals surface area contributed by atoms with E-state index in [0.29, 0.717) is 6.61 Å². The Bertz CT molecular complexity index is 929. The van der Waals surface area contributed by atoms with Gasteiger partial charge in [0.25, 0.3) is 0 Å². The molecule has 182 valence electrons. The normalized spacial score (nSPS) is 25.0. The van der Waals surface area contributed by atoms with Crippen LogP contribution >= 0.6 is 0 Å². The van der Waals surface area contributed by atoms with E-state index < -0.39 is 46.6 Å². The van der Waals surface area contributed by atoms with Crippen LogP contribution in [-0.4, -0.2) is 61.1 Å². The van der Waals surface area contributed by atoms with Gasteiger partial charge in [0.2, 0.25) is 0 Å². The van der Waals surface area contributed by atoms with E-state index in [0.717, 1.165) is 24.0 Å². The number of hydrogen-bond acceptors (Lipinski definition) is 8.